The Morgan fingerprint density at radius 1 is 1.39 bits per heavy atom. The van der Waals surface area contributed by atoms with E-state index in [-0.39, 0.29) is 23.7 Å². The third-order valence-electron chi connectivity index (χ3n) is 4.05. The second-order valence-electron chi connectivity index (χ2n) is 5.56. The van der Waals surface area contributed by atoms with Gasteiger partial charge in [0.05, 0.1) is 27.9 Å². The van der Waals surface area contributed by atoms with Crippen molar-refractivity contribution in [3.8, 4) is 0 Å². The lowest BCUT2D eigenvalue weighted by Crippen LogP contribution is -2.26. The van der Waals surface area contributed by atoms with Crippen LogP contribution in [-0.4, -0.2) is 26.5 Å². The summed E-state index contributed by atoms with van der Waals surface area (Å²) in [6.07, 6.45) is 7.25. The van der Waals surface area contributed by atoms with Crippen molar-refractivity contribution in [1.82, 2.24) is 19.9 Å². The maximum absolute atomic E-state index is 13.6. The van der Waals surface area contributed by atoms with Gasteiger partial charge in [0.25, 0.3) is 5.91 Å². The number of aromatic nitrogens is 3. The van der Waals surface area contributed by atoms with Crippen LogP contribution in [0.5, 0.6) is 0 Å². The average molecular weight is 375 g/mol. The molecule has 1 fully saturated rings. The highest BCUT2D eigenvalue weighted by Gasteiger charge is 2.40. The molecule has 5 nitrogen and oxygen atoms in total. The molecule has 1 aliphatic carbocycles. The lowest BCUT2D eigenvalue weighted by atomic mass is 10.1. The number of carbonyl (C=O) groups excluding carboxylic acids is 1. The van der Waals surface area contributed by atoms with E-state index >= 15 is 0 Å². The van der Waals surface area contributed by atoms with Crippen LogP contribution in [0.15, 0.2) is 47.5 Å². The quantitative estimate of drug-likeness (QED) is 0.766. The molecule has 116 valence electrons. The Hall–Kier alpha value is -2.28. The maximum Gasteiger partial charge on any atom is 0.255 e. The van der Waals surface area contributed by atoms with Crippen LogP contribution in [-0.2, 0) is 0 Å². The van der Waals surface area contributed by atoms with Crippen molar-refractivity contribution in [3.05, 3.63) is 64.4 Å². The maximum atomic E-state index is 13.6. The average Bonchev–Trinajstić information content (AvgIpc) is 3.17. The van der Waals surface area contributed by atoms with Crippen molar-refractivity contribution < 1.29 is 9.18 Å². The summed E-state index contributed by atoms with van der Waals surface area (Å²) in [5, 5.41) is 7.10. The third kappa shape index (κ3) is 2.61. The molecule has 0 aliphatic heterocycles. The Kier molecular flexibility index (Phi) is 3.37. The number of nitrogens with one attached hydrogen (secondary N) is 1. The standard InChI is InChI=1S/C16H12BrFN4O/c17-12-2-1-9(5-13(12)18)10-6-14(10)21-16(23)11-7-20-22-4-3-19-8-15(11)22/h1-5,7-8,10,14H,6H2,(H,21,23)/t10-,14+/m0/s1. The van der Waals surface area contributed by atoms with E-state index in [2.05, 4.69) is 31.3 Å². The lowest BCUT2D eigenvalue weighted by molar-refractivity contribution is 0.0952. The fourth-order valence-electron chi connectivity index (χ4n) is 2.72. The molecule has 23 heavy (non-hydrogen) atoms. The van der Waals surface area contributed by atoms with Gasteiger partial charge in [0.15, 0.2) is 0 Å². The first-order valence-electron chi connectivity index (χ1n) is 7.16. The Balaban J connectivity index is 1.49. The van der Waals surface area contributed by atoms with Gasteiger partial charge in [0, 0.05) is 24.4 Å². The second-order valence-corrected chi connectivity index (χ2v) is 6.41. The van der Waals surface area contributed by atoms with Crippen molar-refractivity contribution in [2.45, 2.75) is 18.4 Å². The van der Waals surface area contributed by atoms with Gasteiger partial charge in [0.2, 0.25) is 0 Å². The smallest absolute Gasteiger partial charge is 0.255 e. The van der Waals surface area contributed by atoms with E-state index in [1.54, 1.807) is 29.2 Å². The van der Waals surface area contributed by atoms with Crippen LogP contribution < -0.4 is 5.32 Å². The SMILES string of the molecule is O=C(N[C@@H]1C[C@H]1c1ccc(Br)c(F)c1)c1cnn2ccncc12. The van der Waals surface area contributed by atoms with Gasteiger partial charge in [-0.15, -0.1) is 0 Å². The van der Waals surface area contributed by atoms with E-state index in [0.717, 1.165) is 12.0 Å². The van der Waals surface area contributed by atoms with Crippen molar-refractivity contribution in [3.63, 3.8) is 0 Å². The van der Waals surface area contributed by atoms with Crippen LogP contribution in [0.3, 0.4) is 0 Å². The van der Waals surface area contributed by atoms with Gasteiger partial charge in [0.1, 0.15) is 5.82 Å². The van der Waals surface area contributed by atoms with Crippen molar-refractivity contribution in [2.24, 2.45) is 0 Å². The summed E-state index contributed by atoms with van der Waals surface area (Å²) in [5.74, 6) is -0.312. The first-order valence-corrected chi connectivity index (χ1v) is 7.96. The van der Waals surface area contributed by atoms with Crippen LogP contribution in [0, 0.1) is 5.82 Å². The predicted molar refractivity (Wildman–Crippen MR) is 85.7 cm³/mol. The topological polar surface area (TPSA) is 59.3 Å². The number of hydrogen-bond acceptors (Lipinski definition) is 3. The number of carbonyl (C=O) groups is 1. The van der Waals surface area contributed by atoms with Crippen molar-refractivity contribution >= 4 is 27.4 Å². The molecule has 1 N–H and O–H groups in total. The minimum absolute atomic E-state index is 0.0229. The molecule has 1 aliphatic rings. The van der Waals surface area contributed by atoms with Crippen molar-refractivity contribution in [1.29, 1.82) is 0 Å². The van der Waals surface area contributed by atoms with Crippen LogP contribution in [0.1, 0.15) is 28.3 Å². The van der Waals surface area contributed by atoms with E-state index in [1.165, 1.54) is 12.3 Å². The number of fused-ring (bicyclic) bond motifs is 1. The largest absolute Gasteiger partial charge is 0.349 e. The van der Waals surface area contributed by atoms with Gasteiger partial charge in [-0.25, -0.2) is 8.91 Å². The molecular weight excluding hydrogens is 363 g/mol. The lowest BCUT2D eigenvalue weighted by Gasteiger charge is -2.05. The fraction of sp³-hybridized carbons (Fsp3) is 0.188. The van der Waals surface area contributed by atoms with Gasteiger partial charge in [-0.1, -0.05) is 6.07 Å². The zero-order valence-corrected chi connectivity index (χ0v) is 13.5. The molecular formula is C16H12BrFN4O. The Morgan fingerprint density at radius 2 is 2.26 bits per heavy atom. The summed E-state index contributed by atoms with van der Waals surface area (Å²) >= 11 is 3.14. The monoisotopic (exact) mass is 374 g/mol. The Morgan fingerprint density at radius 3 is 3.09 bits per heavy atom. The molecule has 2 aromatic heterocycles. The summed E-state index contributed by atoms with van der Waals surface area (Å²) in [4.78, 5) is 16.4. The van der Waals surface area contributed by atoms with Gasteiger partial charge in [-0.05, 0) is 40.0 Å². The molecule has 1 amide bonds. The fourth-order valence-corrected chi connectivity index (χ4v) is 2.97. The minimum Gasteiger partial charge on any atom is -0.349 e. The van der Waals surface area contributed by atoms with E-state index in [0.29, 0.717) is 15.6 Å². The number of nitrogens with zero attached hydrogens (tertiary/aromatic N) is 3. The summed E-state index contributed by atoms with van der Waals surface area (Å²) in [6.45, 7) is 0. The number of halogens is 2. The molecule has 0 unspecified atom stereocenters. The van der Waals surface area contributed by atoms with Gasteiger partial charge >= 0.3 is 0 Å². The summed E-state index contributed by atoms with van der Waals surface area (Å²) in [5.41, 5.74) is 2.06. The van der Waals surface area contributed by atoms with E-state index in [9.17, 15) is 9.18 Å². The number of hydrogen-bond donors (Lipinski definition) is 1. The summed E-state index contributed by atoms with van der Waals surface area (Å²) < 4.78 is 15.7. The summed E-state index contributed by atoms with van der Waals surface area (Å²) in [6, 6.07) is 5.11. The molecule has 4 rings (SSSR count). The number of rotatable bonds is 3. The molecule has 0 spiro atoms. The van der Waals surface area contributed by atoms with E-state index < -0.39 is 0 Å². The van der Waals surface area contributed by atoms with Gasteiger partial charge in [-0.2, -0.15) is 5.10 Å². The molecule has 2 heterocycles. The second kappa shape index (κ2) is 5.42. The van der Waals surface area contributed by atoms with Crippen molar-refractivity contribution in [2.75, 3.05) is 0 Å². The van der Waals surface area contributed by atoms with E-state index in [1.807, 2.05) is 6.07 Å². The molecule has 0 radical (unpaired) electrons. The van der Waals surface area contributed by atoms with Gasteiger partial charge < -0.3 is 5.32 Å². The Bertz CT molecular complexity index is 910. The zero-order chi connectivity index (χ0) is 16.0. The molecule has 3 aromatic rings. The highest BCUT2D eigenvalue weighted by molar-refractivity contribution is 9.10. The molecule has 0 saturated heterocycles. The molecule has 7 heteroatoms. The summed E-state index contributed by atoms with van der Waals surface area (Å²) in [7, 11) is 0. The van der Waals surface area contributed by atoms with Crippen LogP contribution in [0.4, 0.5) is 4.39 Å². The number of amides is 1. The van der Waals surface area contributed by atoms with Crippen LogP contribution in [0.25, 0.3) is 5.52 Å². The molecule has 0 bridgehead atoms. The minimum atomic E-state index is -0.284. The first-order chi connectivity index (χ1) is 11.1. The van der Waals surface area contributed by atoms with Crippen LogP contribution in [0.2, 0.25) is 0 Å². The van der Waals surface area contributed by atoms with E-state index in [4.69, 9.17) is 0 Å². The highest BCUT2D eigenvalue weighted by atomic mass is 79.9. The third-order valence-corrected chi connectivity index (χ3v) is 4.69. The molecule has 1 saturated carbocycles. The first kappa shape index (κ1) is 14.3. The van der Waals surface area contributed by atoms with Gasteiger partial charge in [-0.3, -0.25) is 9.78 Å². The number of benzene rings is 1. The predicted octanol–water partition coefficient (Wildman–Crippen LogP) is 2.92. The zero-order valence-electron chi connectivity index (χ0n) is 11.9. The highest BCUT2D eigenvalue weighted by Crippen LogP contribution is 2.41. The normalized spacial score (nSPS) is 19.7. The molecule has 1 aromatic carbocycles. The molecule has 2 atom stereocenters. The Labute approximate surface area is 139 Å². The van der Waals surface area contributed by atoms with Crippen LogP contribution >= 0.6 is 15.9 Å².